The molecule has 4 rings (SSSR count). The highest BCUT2D eigenvalue weighted by molar-refractivity contribution is 7.13. The number of ether oxygens (including phenoxy) is 1. The second-order valence-corrected chi connectivity index (χ2v) is 6.93. The number of anilines is 2. The average Bonchev–Trinajstić information content (AvgIpc) is 3.23. The molecule has 5 nitrogen and oxygen atoms in total. The molecule has 1 aromatic carbocycles. The Balaban J connectivity index is 1.65. The Labute approximate surface area is 161 Å². The second kappa shape index (κ2) is 7.55. The Morgan fingerprint density at radius 1 is 0.963 bits per heavy atom. The molecule has 0 bridgehead atoms. The first-order chi connectivity index (χ1) is 13.2. The number of aryl methyl sites for hydroxylation is 1. The van der Waals surface area contributed by atoms with Gasteiger partial charge in [0.2, 0.25) is 0 Å². The number of nitrogens with one attached hydrogen (secondary N) is 1. The fourth-order valence-electron chi connectivity index (χ4n) is 2.76. The molecule has 27 heavy (non-hydrogen) atoms. The van der Waals surface area contributed by atoms with Gasteiger partial charge in [-0.15, -0.1) is 11.3 Å². The molecule has 0 saturated heterocycles. The van der Waals surface area contributed by atoms with Crippen molar-refractivity contribution in [3.63, 3.8) is 0 Å². The van der Waals surface area contributed by atoms with Crippen molar-refractivity contribution in [3.8, 4) is 27.4 Å². The molecule has 3 aromatic heterocycles. The lowest BCUT2D eigenvalue weighted by Crippen LogP contribution is -1.99. The minimum absolute atomic E-state index is 0.699. The topological polar surface area (TPSA) is 59.9 Å². The Morgan fingerprint density at radius 3 is 2.52 bits per heavy atom. The van der Waals surface area contributed by atoms with Gasteiger partial charge in [0.15, 0.2) is 0 Å². The van der Waals surface area contributed by atoms with Gasteiger partial charge >= 0.3 is 0 Å². The Kier molecular flexibility index (Phi) is 4.80. The number of hydrogen-bond donors (Lipinski definition) is 1. The van der Waals surface area contributed by atoms with Crippen LogP contribution in [0.1, 0.15) is 5.82 Å². The Bertz CT molecular complexity index is 1050. The summed E-state index contributed by atoms with van der Waals surface area (Å²) in [5.41, 5.74) is 3.82. The smallest absolute Gasteiger partial charge is 0.134 e. The van der Waals surface area contributed by atoms with E-state index in [0.717, 1.165) is 34.1 Å². The van der Waals surface area contributed by atoms with Crippen LogP contribution in [0.2, 0.25) is 0 Å². The molecule has 0 aliphatic carbocycles. The summed E-state index contributed by atoms with van der Waals surface area (Å²) in [7, 11) is 1.65. The number of nitrogens with zero attached hydrogens (tertiary/aromatic N) is 3. The summed E-state index contributed by atoms with van der Waals surface area (Å²) in [5.74, 6) is 2.26. The van der Waals surface area contributed by atoms with Gasteiger partial charge in [-0.05, 0) is 48.7 Å². The summed E-state index contributed by atoms with van der Waals surface area (Å²) in [6, 6.07) is 15.9. The largest absolute Gasteiger partial charge is 0.497 e. The zero-order chi connectivity index (χ0) is 18.6. The third-order valence-electron chi connectivity index (χ3n) is 4.04. The predicted molar refractivity (Wildman–Crippen MR) is 110 cm³/mol. The average molecular weight is 374 g/mol. The summed E-state index contributed by atoms with van der Waals surface area (Å²) in [6.45, 7) is 1.89. The van der Waals surface area contributed by atoms with Gasteiger partial charge < -0.3 is 10.1 Å². The van der Waals surface area contributed by atoms with Gasteiger partial charge in [-0.1, -0.05) is 6.07 Å². The molecule has 0 atom stereocenters. The van der Waals surface area contributed by atoms with Gasteiger partial charge in [0, 0.05) is 40.2 Å². The molecule has 4 aromatic rings. The van der Waals surface area contributed by atoms with Crippen LogP contribution in [-0.4, -0.2) is 22.1 Å². The molecule has 0 aliphatic rings. The fraction of sp³-hybridized carbons (Fsp3) is 0.0952. The van der Waals surface area contributed by atoms with Crippen LogP contribution in [0.5, 0.6) is 5.75 Å². The Morgan fingerprint density at radius 2 is 1.78 bits per heavy atom. The zero-order valence-corrected chi connectivity index (χ0v) is 15.8. The number of pyridine rings is 1. The maximum Gasteiger partial charge on any atom is 0.134 e. The maximum absolute atomic E-state index is 5.20. The standard InChI is InChI=1S/C21H18N4OS/c1-14-23-19(15-10-16(13-22-12-15)20-4-3-9-27-20)11-21(24-14)25-17-5-7-18(26-2)8-6-17/h3-13H,1-2H3,(H,23,24,25). The van der Waals surface area contributed by atoms with E-state index in [2.05, 4.69) is 37.8 Å². The molecular weight excluding hydrogens is 356 g/mol. The third kappa shape index (κ3) is 3.96. The summed E-state index contributed by atoms with van der Waals surface area (Å²) in [5, 5.41) is 5.39. The van der Waals surface area contributed by atoms with E-state index in [1.807, 2.05) is 55.7 Å². The van der Waals surface area contributed by atoms with E-state index in [1.165, 1.54) is 4.88 Å². The quantitative estimate of drug-likeness (QED) is 0.512. The van der Waals surface area contributed by atoms with Gasteiger partial charge in [0.25, 0.3) is 0 Å². The SMILES string of the molecule is COc1ccc(Nc2cc(-c3cncc(-c4cccs4)c3)nc(C)n2)cc1. The lowest BCUT2D eigenvalue weighted by molar-refractivity contribution is 0.415. The second-order valence-electron chi connectivity index (χ2n) is 5.98. The normalized spacial score (nSPS) is 10.6. The zero-order valence-electron chi connectivity index (χ0n) is 15.0. The van der Waals surface area contributed by atoms with E-state index in [-0.39, 0.29) is 0 Å². The monoisotopic (exact) mass is 374 g/mol. The summed E-state index contributed by atoms with van der Waals surface area (Å²) in [6.07, 6.45) is 3.70. The van der Waals surface area contributed by atoms with Gasteiger partial charge in [-0.3, -0.25) is 4.98 Å². The van der Waals surface area contributed by atoms with E-state index in [9.17, 15) is 0 Å². The maximum atomic E-state index is 5.20. The van der Waals surface area contributed by atoms with E-state index in [4.69, 9.17) is 4.74 Å². The molecule has 0 fully saturated rings. The van der Waals surface area contributed by atoms with Gasteiger partial charge in [0.05, 0.1) is 12.8 Å². The van der Waals surface area contributed by atoms with Crippen molar-refractivity contribution >= 4 is 22.8 Å². The summed E-state index contributed by atoms with van der Waals surface area (Å²) >= 11 is 1.70. The molecule has 0 aliphatic heterocycles. The number of benzene rings is 1. The number of thiophene rings is 1. The van der Waals surface area contributed by atoms with Crippen LogP contribution in [0.25, 0.3) is 21.7 Å². The van der Waals surface area contributed by atoms with Crippen molar-refractivity contribution < 1.29 is 4.74 Å². The highest BCUT2D eigenvalue weighted by Gasteiger charge is 2.08. The van der Waals surface area contributed by atoms with E-state index < -0.39 is 0 Å². The molecule has 0 spiro atoms. The van der Waals surface area contributed by atoms with Gasteiger partial charge in [-0.25, -0.2) is 9.97 Å². The fourth-order valence-corrected chi connectivity index (χ4v) is 3.47. The lowest BCUT2D eigenvalue weighted by atomic mass is 10.1. The van der Waals surface area contributed by atoms with Crippen LogP contribution >= 0.6 is 11.3 Å². The van der Waals surface area contributed by atoms with Crippen LogP contribution in [0.4, 0.5) is 11.5 Å². The highest BCUT2D eigenvalue weighted by Crippen LogP contribution is 2.29. The van der Waals surface area contributed by atoms with Crippen molar-refractivity contribution in [1.29, 1.82) is 0 Å². The molecule has 0 amide bonds. The summed E-state index contributed by atoms with van der Waals surface area (Å²) in [4.78, 5) is 14.7. The van der Waals surface area contributed by atoms with Crippen LogP contribution in [0.15, 0.2) is 66.3 Å². The first-order valence-electron chi connectivity index (χ1n) is 8.47. The van der Waals surface area contributed by atoms with Crippen LogP contribution in [0.3, 0.4) is 0 Å². The van der Waals surface area contributed by atoms with Crippen LogP contribution < -0.4 is 10.1 Å². The van der Waals surface area contributed by atoms with Crippen molar-refractivity contribution in [2.45, 2.75) is 6.92 Å². The lowest BCUT2D eigenvalue weighted by Gasteiger charge is -2.10. The predicted octanol–water partition coefficient (Wildman–Crippen LogP) is 5.33. The molecular formula is C21H18N4OS. The van der Waals surface area contributed by atoms with Gasteiger partial charge in [-0.2, -0.15) is 0 Å². The van der Waals surface area contributed by atoms with Crippen LogP contribution in [0, 0.1) is 6.92 Å². The number of aromatic nitrogens is 3. The van der Waals surface area contributed by atoms with E-state index >= 15 is 0 Å². The Hall–Kier alpha value is -3.25. The molecule has 134 valence electrons. The third-order valence-corrected chi connectivity index (χ3v) is 4.96. The van der Waals surface area contributed by atoms with Crippen molar-refractivity contribution in [2.75, 3.05) is 12.4 Å². The molecule has 0 saturated carbocycles. The van der Waals surface area contributed by atoms with Crippen molar-refractivity contribution in [1.82, 2.24) is 15.0 Å². The molecule has 0 unspecified atom stereocenters. The first kappa shape index (κ1) is 17.2. The number of methoxy groups -OCH3 is 1. The van der Waals surface area contributed by atoms with Crippen molar-refractivity contribution in [3.05, 3.63) is 72.1 Å². The molecule has 1 N–H and O–H groups in total. The number of hydrogen-bond acceptors (Lipinski definition) is 6. The highest BCUT2D eigenvalue weighted by atomic mass is 32.1. The number of rotatable bonds is 5. The molecule has 3 heterocycles. The van der Waals surface area contributed by atoms with Crippen LogP contribution in [-0.2, 0) is 0 Å². The summed E-state index contributed by atoms with van der Waals surface area (Å²) < 4.78 is 5.20. The molecule has 6 heteroatoms. The van der Waals surface area contributed by atoms with E-state index in [0.29, 0.717) is 5.82 Å². The minimum atomic E-state index is 0.699. The van der Waals surface area contributed by atoms with Gasteiger partial charge in [0.1, 0.15) is 17.4 Å². The molecule has 0 radical (unpaired) electrons. The first-order valence-corrected chi connectivity index (χ1v) is 9.35. The minimum Gasteiger partial charge on any atom is -0.497 e. The van der Waals surface area contributed by atoms with Crippen molar-refractivity contribution in [2.24, 2.45) is 0 Å². The van der Waals surface area contributed by atoms with E-state index in [1.54, 1.807) is 18.4 Å².